The van der Waals surface area contributed by atoms with Crippen LogP contribution in [0.2, 0.25) is 0 Å². The average molecular weight is 840 g/mol. The normalized spacial score (nSPS) is 12.3. The summed E-state index contributed by atoms with van der Waals surface area (Å²) in [6.07, 6.45) is -0.0824. The van der Waals surface area contributed by atoms with Gasteiger partial charge >= 0.3 is 0 Å². The number of aromatic hydroxyl groups is 1. The number of imidazole rings is 1. The van der Waals surface area contributed by atoms with Crippen LogP contribution >= 0.6 is 0 Å². The minimum Gasteiger partial charge on any atom is -0.493 e. The van der Waals surface area contributed by atoms with E-state index in [0.717, 1.165) is 0 Å². The number of pyridine rings is 1. The zero-order valence-electron chi connectivity index (χ0n) is 31.9. The van der Waals surface area contributed by atoms with Crippen molar-refractivity contribution in [1.29, 1.82) is 5.26 Å². The molecule has 0 fully saturated rings. The second kappa shape index (κ2) is 17.9. The lowest BCUT2D eigenvalue weighted by molar-refractivity contribution is 0.317. The number of aryl methyl sites for hydroxylation is 2. The van der Waals surface area contributed by atoms with Crippen LogP contribution in [0.15, 0.2) is 110 Å². The summed E-state index contributed by atoms with van der Waals surface area (Å²) in [6, 6.07) is 24.6. The van der Waals surface area contributed by atoms with E-state index < -0.39 is 31.7 Å². The molecule has 6 rings (SSSR count). The summed E-state index contributed by atoms with van der Waals surface area (Å²) in [5.74, 6) is -1.06. The second-order valence-corrected chi connectivity index (χ2v) is 16.3. The van der Waals surface area contributed by atoms with Crippen molar-refractivity contribution in [2.24, 2.45) is 30.7 Å². The number of nitriles is 1. The van der Waals surface area contributed by atoms with E-state index >= 15 is 0 Å². The second-order valence-electron chi connectivity index (χ2n) is 13.2. The molecule has 3 N–H and O–H groups in total. The minimum atomic E-state index is -4.26. The Bertz CT molecular complexity index is 2910. The largest absolute Gasteiger partial charge is 0.493 e. The van der Waals surface area contributed by atoms with Crippen molar-refractivity contribution in [3.8, 4) is 23.4 Å². The van der Waals surface area contributed by atoms with Crippen LogP contribution in [0.25, 0.3) is 16.7 Å². The Morgan fingerprint density at radius 2 is 1.20 bits per heavy atom. The molecule has 0 aliphatic heterocycles. The van der Waals surface area contributed by atoms with Crippen LogP contribution in [0.1, 0.15) is 35.1 Å². The molecule has 0 unspecified atom stereocenters. The van der Waals surface area contributed by atoms with E-state index in [1.165, 1.54) is 10.5 Å². The Balaban J connectivity index is 1.37. The zero-order chi connectivity index (χ0) is 42.3. The highest BCUT2D eigenvalue weighted by atomic mass is 32.2. The zero-order valence-corrected chi connectivity index (χ0v) is 33.5. The summed E-state index contributed by atoms with van der Waals surface area (Å²) < 4.78 is 77.0. The van der Waals surface area contributed by atoms with Gasteiger partial charge in [-0.3, -0.25) is 13.5 Å². The number of rotatable bonds is 16. The number of benzene rings is 4. The van der Waals surface area contributed by atoms with Gasteiger partial charge in [-0.2, -0.15) is 37.4 Å². The number of hydrogen-bond acceptors (Lipinski definition) is 15. The van der Waals surface area contributed by atoms with Gasteiger partial charge in [0.2, 0.25) is 5.88 Å². The molecule has 4 aromatic carbocycles. The number of nitrogens with zero attached hydrogens (tertiary/aromatic N) is 9. The number of para-hydroxylation sites is 2. The molecule has 304 valence electrons. The Hall–Kier alpha value is -6.66. The van der Waals surface area contributed by atoms with Gasteiger partial charge in [0.25, 0.3) is 20.2 Å². The van der Waals surface area contributed by atoms with Crippen molar-refractivity contribution in [3.63, 3.8) is 0 Å². The summed E-state index contributed by atoms with van der Waals surface area (Å²) >= 11 is 0. The predicted octanol–water partition coefficient (Wildman–Crippen LogP) is 9.55. The van der Waals surface area contributed by atoms with Gasteiger partial charge in [0.1, 0.15) is 34.5 Å². The first-order chi connectivity index (χ1) is 28.1. The fraction of sp³-hybridized carbons (Fsp3) is 0.231. The van der Waals surface area contributed by atoms with Crippen molar-refractivity contribution in [1.82, 2.24) is 9.38 Å². The smallest absolute Gasteiger partial charge is 0.264 e. The number of hydrogen-bond donors (Lipinski definition) is 3. The molecule has 18 nitrogen and oxygen atoms in total. The van der Waals surface area contributed by atoms with Crippen LogP contribution in [0.3, 0.4) is 0 Å². The van der Waals surface area contributed by atoms with E-state index in [9.17, 15) is 36.3 Å². The lowest BCUT2D eigenvalue weighted by atomic mass is 10.1. The molecular weight excluding hydrogens is 803 g/mol. The lowest BCUT2D eigenvalue weighted by Crippen LogP contribution is -2.08. The Labute approximate surface area is 338 Å². The molecule has 0 spiro atoms. The number of ether oxygens (including phenoxy) is 2. The van der Waals surface area contributed by atoms with E-state index in [1.54, 1.807) is 75.4 Å². The standard InChI is InChI=1S/C39H37N9O9S2/c1-24-19-32(35(56-15-9-17-58(50,51)52)21-30(24)43-42-27-11-5-4-6-12-27)45-44-31-22-36(57-16-10-18-59(53,54)55)33(20-25(31)2)46-47-37-26(3)28(23-40)38-41-29-13-7-8-14-34(29)48(38)39(37)49/h4-8,11-14,19-22,49H,9-10,15-18H2,1-3H3,(H,50,51,52)(H,53,54,55). The fourth-order valence-corrected chi connectivity index (χ4v) is 6.78. The highest BCUT2D eigenvalue weighted by molar-refractivity contribution is 7.86. The topological polar surface area (TPSA) is 263 Å². The van der Waals surface area contributed by atoms with E-state index in [2.05, 4.69) is 41.7 Å². The van der Waals surface area contributed by atoms with E-state index in [1.807, 2.05) is 18.2 Å². The van der Waals surface area contributed by atoms with Crippen LogP contribution < -0.4 is 9.47 Å². The Morgan fingerprint density at radius 3 is 1.76 bits per heavy atom. The number of azo groups is 3. The molecule has 0 radical (unpaired) electrons. The van der Waals surface area contributed by atoms with Gasteiger partial charge in [-0.25, -0.2) is 4.98 Å². The molecule has 0 saturated heterocycles. The SMILES string of the molecule is Cc1cc(N=Nc2cc(OCCCS(=O)(=O)O)c(N=Nc3c(C)c(C#N)c4nc5ccccc5n4c3O)cc2C)c(OCCCS(=O)(=O)O)cc1N=Nc1ccccc1. The first kappa shape index (κ1) is 42.0. The quantitative estimate of drug-likeness (QED) is 0.0469. The van der Waals surface area contributed by atoms with Gasteiger partial charge in [0, 0.05) is 17.7 Å². The molecule has 0 aliphatic carbocycles. The summed E-state index contributed by atoms with van der Waals surface area (Å²) in [7, 11) is -8.47. The van der Waals surface area contributed by atoms with Gasteiger partial charge in [0.15, 0.2) is 11.3 Å². The van der Waals surface area contributed by atoms with Crippen molar-refractivity contribution >= 4 is 71.0 Å². The predicted molar refractivity (Wildman–Crippen MR) is 218 cm³/mol. The molecule has 59 heavy (non-hydrogen) atoms. The molecule has 2 aromatic heterocycles. The molecule has 0 bridgehead atoms. The van der Waals surface area contributed by atoms with Crippen LogP contribution in [-0.4, -0.2) is 65.2 Å². The highest BCUT2D eigenvalue weighted by Crippen LogP contribution is 2.42. The van der Waals surface area contributed by atoms with E-state index in [0.29, 0.717) is 44.8 Å². The molecule has 2 heterocycles. The minimum absolute atomic E-state index is 0.00202. The average Bonchev–Trinajstić information content (AvgIpc) is 3.57. The summed E-state index contributed by atoms with van der Waals surface area (Å²) in [4.78, 5) is 4.52. The van der Waals surface area contributed by atoms with E-state index in [-0.39, 0.29) is 71.7 Å². The third-order valence-electron chi connectivity index (χ3n) is 8.77. The van der Waals surface area contributed by atoms with Crippen molar-refractivity contribution in [3.05, 3.63) is 101 Å². The number of aromatic nitrogens is 2. The lowest BCUT2D eigenvalue weighted by Gasteiger charge is -2.12. The van der Waals surface area contributed by atoms with Crippen LogP contribution in [-0.2, 0) is 20.2 Å². The molecule has 0 amide bonds. The molecule has 20 heteroatoms. The Kier molecular flexibility index (Phi) is 12.7. The summed E-state index contributed by atoms with van der Waals surface area (Å²) in [5, 5.41) is 47.7. The highest BCUT2D eigenvalue weighted by Gasteiger charge is 2.21. The molecule has 0 aliphatic rings. The third-order valence-corrected chi connectivity index (χ3v) is 10.4. The van der Waals surface area contributed by atoms with Gasteiger partial charge in [0.05, 0.1) is 52.8 Å². The number of fused-ring (bicyclic) bond motifs is 3. The monoisotopic (exact) mass is 839 g/mol. The van der Waals surface area contributed by atoms with Gasteiger partial charge in [-0.05, 0) is 81.1 Å². The maximum atomic E-state index is 11.4. The van der Waals surface area contributed by atoms with Crippen molar-refractivity contribution in [2.75, 3.05) is 24.7 Å². The molecule has 6 aromatic rings. The van der Waals surface area contributed by atoms with Gasteiger partial charge in [-0.1, -0.05) is 30.3 Å². The first-order valence-electron chi connectivity index (χ1n) is 17.9. The molecule has 0 atom stereocenters. The van der Waals surface area contributed by atoms with Crippen LogP contribution in [0.5, 0.6) is 17.4 Å². The third kappa shape index (κ3) is 10.5. The summed E-state index contributed by atoms with van der Waals surface area (Å²) in [6.45, 7) is 4.88. The molecule has 0 saturated carbocycles. The first-order valence-corrected chi connectivity index (χ1v) is 21.1. The van der Waals surface area contributed by atoms with Crippen molar-refractivity contribution in [2.45, 2.75) is 33.6 Å². The van der Waals surface area contributed by atoms with Gasteiger partial charge in [-0.15, -0.1) is 15.3 Å². The van der Waals surface area contributed by atoms with Crippen LogP contribution in [0, 0.1) is 32.1 Å². The Morgan fingerprint density at radius 1 is 0.695 bits per heavy atom. The van der Waals surface area contributed by atoms with Crippen LogP contribution in [0.4, 0.5) is 34.1 Å². The van der Waals surface area contributed by atoms with E-state index in [4.69, 9.17) is 9.47 Å². The summed E-state index contributed by atoms with van der Waals surface area (Å²) in [5.41, 5.74) is 4.88. The maximum absolute atomic E-state index is 11.4. The van der Waals surface area contributed by atoms with Crippen molar-refractivity contribution < 1.29 is 40.5 Å². The van der Waals surface area contributed by atoms with Gasteiger partial charge < -0.3 is 14.6 Å². The molecular formula is C39H37N9O9S2. The maximum Gasteiger partial charge on any atom is 0.264 e. The fourth-order valence-electron chi connectivity index (χ4n) is 5.81.